The molecule has 2 aromatic carbocycles. The van der Waals surface area contributed by atoms with Gasteiger partial charge in [-0.05, 0) is 40.8 Å². The molecule has 0 aliphatic rings. The second-order valence-corrected chi connectivity index (χ2v) is 7.02. The van der Waals surface area contributed by atoms with E-state index in [0.717, 1.165) is 23.3 Å². The zero-order chi connectivity index (χ0) is 18.6. The number of hydrogen-bond donors (Lipinski definition) is 2. The van der Waals surface area contributed by atoms with Gasteiger partial charge in [-0.15, -0.1) is 0 Å². The predicted octanol–water partition coefficient (Wildman–Crippen LogP) is 3.55. The van der Waals surface area contributed by atoms with Gasteiger partial charge in [-0.1, -0.05) is 45.0 Å². The van der Waals surface area contributed by atoms with Gasteiger partial charge in [-0.2, -0.15) is 0 Å². The minimum atomic E-state index is -1.12. The summed E-state index contributed by atoms with van der Waals surface area (Å²) < 4.78 is 12.9. The van der Waals surface area contributed by atoms with Crippen LogP contribution in [0.2, 0.25) is 0 Å². The largest absolute Gasteiger partial charge is 0.480 e. The summed E-state index contributed by atoms with van der Waals surface area (Å²) in [6, 6.07) is 11.6. The second kappa shape index (κ2) is 7.47. The van der Waals surface area contributed by atoms with Crippen LogP contribution in [0.25, 0.3) is 0 Å². The lowest BCUT2D eigenvalue weighted by atomic mass is 9.86. The van der Waals surface area contributed by atoms with Crippen LogP contribution in [-0.2, 0) is 16.6 Å². The molecular weight excluding hydrogens is 321 g/mol. The Bertz CT molecular complexity index is 746. The van der Waals surface area contributed by atoms with Crippen molar-refractivity contribution in [3.63, 3.8) is 0 Å². The van der Waals surface area contributed by atoms with Crippen molar-refractivity contribution in [1.29, 1.82) is 0 Å². The van der Waals surface area contributed by atoms with Gasteiger partial charge >= 0.3 is 5.97 Å². The third-order valence-corrected chi connectivity index (χ3v) is 3.97. The fourth-order valence-electron chi connectivity index (χ4n) is 2.42. The van der Waals surface area contributed by atoms with Gasteiger partial charge in [0.05, 0.1) is 0 Å². The van der Waals surface area contributed by atoms with E-state index in [0.29, 0.717) is 0 Å². The molecule has 1 amide bonds. The summed E-state index contributed by atoms with van der Waals surface area (Å²) in [6.07, 6.45) is 0.173. The van der Waals surface area contributed by atoms with E-state index in [-0.39, 0.29) is 17.4 Å². The molecule has 0 aliphatic heterocycles. The van der Waals surface area contributed by atoms with Crippen LogP contribution in [0.5, 0.6) is 0 Å². The van der Waals surface area contributed by atoms with Crippen molar-refractivity contribution in [3.8, 4) is 0 Å². The van der Waals surface area contributed by atoms with Gasteiger partial charge in [0, 0.05) is 12.0 Å². The van der Waals surface area contributed by atoms with Crippen molar-refractivity contribution >= 4 is 11.9 Å². The standard InChI is InChI=1S/C20H22FNO3/c1-20(2,3)15-8-4-13(5-9-15)12-17(19(24)25)22-18(23)14-6-10-16(21)11-7-14/h4-11,17H,12H2,1-3H3,(H,22,23)(H,24,25)/t17-/m1/s1. The summed E-state index contributed by atoms with van der Waals surface area (Å²) in [5.74, 6) is -2.11. The molecule has 2 rings (SSSR count). The van der Waals surface area contributed by atoms with E-state index < -0.39 is 23.7 Å². The van der Waals surface area contributed by atoms with Crippen LogP contribution in [0.1, 0.15) is 42.3 Å². The van der Waals surface area contributed by atoms with Gasteiger partial charge in [-0.25, -0.2) is 9.18 Å². The van der Waals surface area contributed by atoms with Gasteiger partial charge in [0.15, 0.2) is 0 Å². The summed E-state index contributed by atoms with van der Waals surface area (Å²) in [6.45, 7) is 6.31. The van der Waals surface area contributed by atoms with Crippen molar-refractivity contribution in [2.45, 2.75) is 38.6 Å². The molecule has 0 heterocycles. The summed E-state index contributed by atoms with van der Waals surface area (Å²) in [5, 5.41) is 11.9. The van der Waals surface area contributed by atoms with Crippen LogP contribution >= 0.6 is 0 Å². The number of hydrogen-bond acceptors (Lipinski definition) is 2. The Morgan fingerprint density at radius 1 is 1.04 bits per heavy atom. The average Bonchev–Trinajstić information content (AvgIpc) is 2.54. The summed E-state index contributed by atoms with van der Waals surface area (Å²) >= 11 is 0. The van der Waals surface area contributed by atoms with Crippen molar-refractivity contribution in [2.75, 3.05) is 0 Å². The third-order valence-electron chi connectivity index (χ3n) is 3.97. The Hall–Kier alpha value is -2.69. The normalized spacial score (nSPS) is 12.5. The van der Waals surface area contributed by atoms with Crippen LogP contribution in [-0.4, -0.2) is 23.0 Å². The van der Waals surface area contributed by atoms with Crippen molar-refractivity contribution in [1.82, 2.24) is 5.32 Å². The highest BCUT2D eigenvalue weighted by Crippen LogP contribution is 2.22. The SMILES string of the molecule is CC(C)(C)c1ccc(C[C@@H](NC(=O)c2ccc(F)cc2)C(=O)O)cc1. The van der Waals surface area contributed by atoms with Crippen LogP contribution in [0.3, 0.4) is 0 Å². The molecule has 0 bridgehead atoms. The lowest BCUT2D eigenvalue weighted by Crippen LogP contribution is -2.42. The zero-order valence-corrected chi connectivity index (χ0v) is 14.5. The van der Waals surface area contributed by atoms with E-state index in [9.17, 15) is 19.1 Å². The number of halogens is 1. The van der Waals surface area contributed by atoms with E-state index in [1.165, 1.54) is 12.1 Å². The molecule has 5 heteroatoms. The summed E-state index contributed by atoms with van der Waals surface area (Å²) in [4.78, 5) is 23.6. The number of carboxylic acid groups (broad SMARTS) is 1. The molecule has 0 unspecified atom stereocenters. The molecular formula is C20H22FNO3. The monoisotopic (exact) mass is 343 g/mol. The second-order valence-electron chi connectivity index (χ2n) is 7.02. The maximum absolute atomic E-state index is 12.9. The first kappa shape index (κ1) is 18.6. The fraction of sp³-hybridized carbons (Fsp3) is 0.300. The summed E-state index contributed by atoms with van der Waals surface area (Å²) in [5.41, 5.74) is 2.20. The number of carbonyl (C=O) groups is 2. The molecule has 0 aliphatic carbocycles. The van der Waals surface area contributed by atoms with Crippen molar-refractivity contribution < 1.29 is 19.1 Å². The molecule has 132 valence electrons. The van der Waals surface area contributed by atoms with E-state index in [2.05, 4.69) is 26.1 Å². The molecule has 2 N–H and O–H groups in total. The van der Waals surface area contributed by atoms with Gasteiger partial charge in [0.25, 0.3) is 5.91 Å². The van der Waals surface area contributed by atoms with Gasteiger partial charge < -0.3 is 10.4 Å². The van der Waals surface area contributed by atoms with Crippen LogP contribution in [0.4, 0.5) is 4.39 Å². The molecule has 0 radical (unpaired) electrons. The Labute approximate surface area is 146 Å². The lowest BCUT2D eigenvalue weighted by molar-refractivity contribution is -0.139. The van der Waals surface area contributed by atoms with Crippen molar-refractivity contribution in [2.24, 2.45) is 0 Å². The van der Waals surface area contributed by atoms with Crippen LogP contribution in [0, 0.1) is 5.82 Å². The molecule has 4 nitrogen and oxygen atoms in total. The fourth-order valence-corrected chi connectivity index (χ4v) is 2.42. The predicted molar refractivity (Wildman–Crippen MR) is 94.1 cm³/mol. The highest BCUT2D eigenvalue weighted by molar-refractivity contribution is 5.96. The van der Waals surface area contributed by atoms with E-state index in [1.807, 2.05) is 24.3 Å². The Balaban J connectivity index is 2.09. The first-order valence-electron chi connectivity index (χ1n) is 8.05. The van der Waals surface area contributed by atoms with Gasteiger partial charge in [-0.3, -0.25) is 4.79 Å². The quantitative estimate of drug-likeness (QED) is 0.872. The Kier molecular flexibility index (Phi) is 5.57. The van der Waals surface area contributed by atoms with E-state index in [4.69, 9.17) is 0 Å². The van der Waals surface area contributed by atoms with Crippen LogP contribution < -0.4 is 5.32 Å². The highest BCUT2D eigenvalue weighted by Gasteiger charge is 2.21. The zero-order valence-electron chi connectivity index (χ0n) is 14.5. The number of aliphatic carboxylic acids is 1. The Morgan fingerprint density at radius 3 is 2.08 bits per heavy atom. The smallest absolute Gasteiger partial charge is 0.326 e. The van der Waals surface area contributed by atoms with E-state index in [1.54, 1.807) is 0 Å². The maximum Gasteiger partial charge on any atom is 0.326 e. The lowest BCUT2D eigenvalue weighted by Gasteiger charge is -2.20. The molecule has 0 saturated heterocycles. The average molecular weight is 343 g/mol. The number of amides is 1. The first-order chi connectivity index (χ1) is 11.7. The molecule has 0 aromatic heterocycles. The number of nitrogens with one attached hydrogen (secondary N) is 1. The topological polar surface area (TPSA) is 66.4 Å². The van der Waals surface area contributed by atoms with E-state index >= 15 is 0 Å². The van der Waals surface area contributed by atoms with Crippen LogP contribution in [0.15, 0.2) is 48.5 Å². The summed E-state index contributed by atoms with van der Waals surface area (Å²) in [7, 11) is 0. The number of carboxylic acids is 1. The van der Waals surface area contributed by atoms with Crippen molar-refractivity contribution in [3.05, 3.63) is 71.0 Å². The number of benzene rings is 2. The first-order valence-corrected chi connectivity index (χ1v) is 8.05. The molecule has 0 fully saturated rings. The molecule has 0 spiro atoms. The minimum absolute atomic E-state index is 0.0154. The van der Waals surface area contributed by atoms with Gasteiger partial charge in [0.1, 0.15) is 11.9 Å². The number of carbonyl (C=O) groups excluding carboxylic acids is 1. The Morgan fingerprint density at radius 2 is 1.60 bits per heavy atom. The molecule has 2 aromatic rings. The number of rotatable bonds is 5. The van der Waals surface area contributed by atoms with Gasteiger partial charge in [0.2, 0.25) is 0 Å². The highest BCUT2D eigenvalue weighted by atomic mass is 19.1. The molecule has 25 heavy (non-hydrogen) atoms. The maximum atomic E-state index is 12.9. The molecule has 0 saturated carbocycles. The third kappa shape index (κ3) is 5.14. The minimum Gasteiger partial charge on any atom is -0.480 e. The molecule has 1 atom stereocenters.